The van der Waals surface area contributed by atoms with Gasteiger partial charge in [0.25, 0.3) is 0 Å². The number of pyridine rings is 1. The molecule has 1 fully saturated rings. The Bertz CT molecular complexity index is 1210. The van der Waals surface area contributed by atoms with E-state index in [4.69, 9.17) is 20.5 Å². The van der Waals surface area contributed by atoms with Crippen LogP contribution in [-0.2, 0) is 29.4 Å². The van der Waals surface area contributed by atoms with Gasteiger partial charge in [-0.05, 0) is 62.3 Å². The van der Waals surface area contributed by atoms with Crippen LogP contribution in [0.15, 0.2) is 46.5 Å². The number of methoxy groups -OCH3 is 1. The quantitative estimate of drug-likeness (QED) is 0.640. The lowest BCUT2D eigenvalue weighted by atomic mass is 9.65. The zero-order chi connectivity index (χ0) is 25.0. The molecule has 1 atom stereocenters. The second-order valence-electron chi connectivity index (χ2n) is 9.78. The predicted molar refractivity (Wildman–Crippen MR) is 126 cm³/mol. The third-order valence-corrected chi connectivity index (χ3v) is 7.76. The standard InChI is InChI=1S/C26H27F3N4O2/c1-15-23(30)33-25(32-15)20-11-16(12-22(34)21-6-5-18(14-31-21)26(27,28)29)3-4-17(20)13-24(25)9-7-19(35-2)8-10-24/h3-6,11,14,19H,7-10,12-13H2,1-2H3,(H2,30,33). The first-order valence-electron chi connectivity index (χ1n) is 11.7. The van der Waals surface area contributed by atoms with Crippen molar-refractivity contribution in [2.24, 2.45) is 21.1 Å². The van der Waals surface area contributed by atoms with Crippen molar-refractivity contribution in [3.05, 3.63) is 64.5 Å². The maximum atomic E-state index is 12.8. The Labute approximate surface area is 201 Å². The monoisotopic (exact) mass is 484 g/mol. The van der Waals surface area contributed by atoms with Gasteiger partial charge < -0.3 is 10.5 Å². The molecule has 3 aliphatic rings. The van der Waals surface area contributed by atoms with Crippen LogP contribution >= 0.6 is 0 Å². The average molecular weight is 485 g/mol. The molecule has 9 heteroatoms. The number of benzene rings is 1. The summed E-state index contributed by atoms with van der Waals surface area (Å²) in [5, 5.41) is 0. The van der Waals surface area contributed by atoms with Crippen LogP contribution in [0.25, 0.3) is 0 Å². The number of aromatic nitrogens is 1. The maximum absolute atomic E-state index is 12.8. The molecule has 0 amide bonds. The van der Waals surface area contributed by atoms with E-state index in [1.807, 2.05) is 25.1 Å². The van der Waals surface area contributed by atoms with Gasteiger partial charge >= 0.3 is 6.18 Å². The molecule has 0 bridgehead atoms. The zero-order valence-electron chi connectivity index (χ0n) is 19.7. The van der Waals surface area contributed by atoms with Gasteiger partial charge in [0.15, 0.2) is 11.4 Å². The molecule has 2 aliphatic carbocycles. The molecular weight excluding hydrogens is 457 g/mol. The Morgan fingerprint density at radius 3 is 2.49 bits per heavy atom. The van der Waals surface area contributed by atoms with E-state index in [0.29, 0.717) is 17.7 Å². The van der Waals surface area contributed by atoms with Crippen molar-refractivity contribution < 1.29 is 22.7 Å². The van der Waals surface area contributed by atoms with Gasteiger partial charge in [-0.15, -0.1) is 0 Å². The molecule has 2 aromatic rings. The molecule has 2 spiro atoms. The van der Waals surface area contributed by atoms with Crippen LogP contribution in [0.4, 0.5) is 13.2 Å². The van der Waals surface area contributed by atoms with Crippen LogP contribution in [0.3, 0.4) is 0 Å². The van der Waals surface area contributed by atoms with Gasteiger partial charge in [-0.1, -0.05) is 18.2 Å². The van der Waals surface area contributed by atoms with Crippen LogP contribution < -0.4 is 5.73 Å². The number of halogens is 3. The van der Waals surface area contributed by atoms with Gasteiger partial charge in [-0.2, -0.15) is 13.2 Å². The van der Waals surface area contributed by atoms with Gasteiger partial charge in [-0.25, -0.2) is 4.99 Å². The van der Waals surface area contributed by atoms with Crippen LogP contribution in [0.2, 0.25) is 0 Å². The van der Waals surface area contributed by atoms with Crippen molar-refractivity contribution in [2.45, 2.75) is 63.4 Å². The minimum Gasteiger partial charge on any atom is -0.382 e. The van der Waals surface area contributed by atoms with Crippen LogP contribution in [-0.4, -0.2) is 35.5 Å². The number of nitrogens with zero attached hydrogens (tertiary/aromatic N) is 3. The average Bonchev–Trinajstić information content (AvgIpc) is 3.27. The molecule has 184 valence electrons. The Balaban J connectivity index is 1.46. The highest BCUT2D eigenvalue weighted by Gasteiger charge is 2.60. The number of alkyl halides is 3. The summed E-state index contributed by atoms with van der Waals surface area (Å²) in [5.74, 6) is 0.0803. The Morgan fingerprint density at radius 1 is 1.17 bits per heavy atom. The van der Waals surface area contributed by atoms with Crippen LogP contribution in [0.5, 0.6) is 0 Å². The van der Waals surface area contributed by atoms with E-state index in [1.54, 1.807) is 7.11 Å². The number of ether oxygens (including phenoxy) is 1. The maximum Gasteiger partial charge on any atom is 0.417 e. The molecule has 2 heterocycles. The van der Waals surface area contributed by atoms with Gasteiger partial charge in [0.1, 0.15) is 11.5 Å². The van der Waals surface area contributed by atoms with Gasteiger partial charge in [0.2, 0.25) is 0 Å². The smallest absolute Gasteiger partial charge is 0.382 e. The topological polar surface area (TPSA) is 89.9 Å². The number of fused-ring (bicyclic) bond motifs is 3. The Morgan fingerprint density at radius 2 is 1.91 bits per heavy atom. The number of amidine groups is 1. The summed E-state index contributed by atoms with van der Waals surface area (Å²) in [6.45, 7) is 1.86. The molecule has 0 saturated heterocycles. The van der Waals surface area contributed by atoms with Gasteiger partial charge in [0, 0.05) is 30.7 Å². The second kappa shape index (κ2) is 8.26. The van der Waals surface area contributed by atoms with E-state index >= 15 is 0 Å². The van der Waals surface area contributed by atoms with Crippen molar-refractivity contribution in [1.29, 1.82) is 0 Å². The number of carbonyl (C=O) groups is 1. The van der Waals surface area contributed by atoms with Crippen LogP contribution in [0, 0.1) is 5.41 Å². The fourth-order valence-electron chi connectivity index (χ4n) is 5.83. The molecule has 1 aliphatic heterocycles. The number of carbonyl (C=O) groups excluding carboxylic acids is 1. The zero-order valence-corrected chi connectivity index (χ0v) is 19.7. The normalized spacial score (nSPS) is 27.7. The highest BCUT2D eigenvalue weighted by molar-refractivity contribution is 6.41. The molecule has 1 aromatic heterocycles. The number of rotatable bonds is 4. The minimum absolute atomic E-state index is 0.000401. The number of aliphatic imine (C=N–C) groups is 2. The van der Waals surface area contributed by atoms with Crippen LogP contribution in [0.1, 0.15) is 65.3 Å². The number of hydrogen-bond donors (Lipinski definition) is 1. The van der Waals surface area contributed by atoms with Crippen molar-refractivity contribution in [3.63, 3.8) is 0 Å². The van der Waals surface area contributed by atoms with E-state index in [1.165, 1.54) is 0 Å². The highest BCUT2D eigenvalue weighted by atomic mass is 19.4. The van der Waals surface area contributed by atoms with E-state index in [-0.39, 0.29) is 29.4 Å². The molecular formula is C26H27F3N4O2. The molecule has 1 saturated carbocycles. The van der Waals surface area contributed by atoms with E-state index in [9.17, 15) is 18.0 Å². The van der Waals surface area contributed by atoms with E-state index in [0.717, 1.165) is 60.9 Å². The number of Topliss-reactive ketones (excluding diaryl/α,β-unsaturated/α-hetero) is 1. The lowest BCUT2D eigenvalue weighted by Gasteiger charge is -2.44. The number of hydrogen-bond acceptors (Lipinski definition) is 6. The van der Waals surface area contributed by atoms with Gasteiger partial charge in [-0.3, -0.25) is 14.8 Å². The molecule has 1 aromatic carbocycles. The summed E-state index contributed by atoms with van der Waals surface area (Å²) < 4.78 is 44.1. The largest absolute Gasteiger partial charge is 0.417 e. The highest BCUT2D eigenvalue weighted by Crippen LogP contribution is 2.61. The lowest BCUT2D eigenvalue weighted by Crippen LogP contribution is -2.43. The van der Waals surface area contributed by atoms with Crippen molar-refractivity contribution in [3.8, 4) is 0 Å². The fourth-order valence-corrected chi connectivity index (χ4v) is 5.83. The van der Waals surface area contributed by atoms with E-state index < -0.39 is 17.4 Å². The molecule has 0 radical (unpaired) electrons. The first kappa shape index (κ1) is 23.7. The number of ketones is 1. The van der Waals surface area contributed by atoms with E-state index in [2.05, 4.69) is 4.98 Å². The summed E-state index contributed by atoms with van der Waals surface area (Å²) >= 11 is 0. The van der Waals surface area contributed by atoms with Crippen molar-refractivity contribution >= 4 is 17.3 Å². The van der Waals surface area contributed by atoms with Crippen molar-refractivity contribution in [1.82, 2.24) is 4.98 Å². The summed E-state index contributed by atoms with van der Waals surface area (Å²) in [6, 6.07) is 7.89. The molecule has 2 N–H and O–H groups in total. The molecule has 35 heavy (non-hydrogen) atoms. The minimum atomic E-state index is -4.50. The fraction of sp³-hybridized carbons (Fsp3) is 0.462. The number of nitrogens with two attached hydrogens (primary N) is 1. The summed E-state index contributed by atoms with van der Waals surface area (Å²) in [6.07, 6.45) is 0.890. The van der Waals surface area contributed by atoms with Gasteiger partial charge in [0.05, 0.1) is 17.4 Å². The summed E-state index contributed by atoms with van der Waals surface area (Å²) in [4.78, 5) is 26.5. The van der Waals surface area contributed by atoms with Crippen molar-refractivity contribution in [2.75, 3.05) is 7.11 Å². The summed E-state index contributed by atoms with van der Waals surface area (Å²) in [5.41, 5.74) is 7.86. The molecule has 6 nitrogen and oxygen atoms in total. The molecule has 5 rings (SSSR count). The Hall–Kier alpha value is -3.07. The first-order valence-corrected chi connectivity index (χ1v) is 11.7. The predicted octanol–water partition coefficient (Wildman–Crippen LogP) is 4.64. The third kappa shape index (κ3) is 3.86. The third-order valence-electron chi connectivity index (χ3n) is 7.76. The summed E-state index contributed by atoms with van der Waals surface area (Å²) in [7, 11) is 1.74. The molecule has 1 unspecified atom stereocenters. The first-order chi connectivity index (χ1) is 16.6. The lowest BCUT2D eigenvalue weighted by molar-refractivity contribution is -0.137. The second-order valence-corrected chi connectivity index (χ2v) is 9.78. The SMILES string of the molecule is COC1CCC2(CC1)Cc1ccc(CC(=O)c3ccc(C(F)(F)F)cn3)cc1C21N=C(C)C(N)=N1. The Kier molecular flexibility index (Phi) is 5.58.